The summed E-state index contributed by atoms with van der Waals surface area (Å²) in [5.41, 5.74) is 0.125. The van der Waals surface area contributed by atoms with Crippen molar-refractivity contribution in [3.8, 4) is 0 Å². The van der Waals surface area contributed by atoms with Crippen molar-refractivity contribution in [2.24, 2.45) is 5.41 Å². The van der Waals surface area contributed by atoms with Crippen LogP contribution in [0.25, 0.3) is 0 Å². The van der Waals surface area contributed by atoms with E-state index in [1.165, 1.54) is 0 Å². The molecule has 0 aliphatic carbocycles. The topological polar surface area (TPSA) is 0 Å². The molecule has 0 fully saturated rings. The largest absolute Gasteiger partial charge is 0.0789 e. The number of hydrogen-bond donors (Lipinski definition) is 0. The van der Waals surface area contributed by atoms with Gasteiger partial charge in [0.2, 0.25) is 0 Å². The second-order valence-electron chi connectivity index (χ2n) is 2.41. The molecule has 0 heterocycles. The van der Waals surface area contributed by atoms with Crippen LogP contribution in [-0.2, 0) is 0 Å². The molecular weight excluding hydrogens is 84.1 g/mol. The first-order valence-corrected chi connectivity index (χ1v) is 2.48. The summed E-state index contributed by atoms with van der Waals surface area (Å²) in [5.74, 6) is 0. The fourth-order valence-electron chi connectivity index (χ4n) is 0.0833. The van der Waals surface area contributed by atoms with Crippen LogP contribution in [0.4, 0.5) is 0 Å². The van der Waals surface area contributed by atoms with E-state index >= 15 is 0 Å². The van der Waals surface area contributed by atoms with Crippen LogP contribution in [0.5, 0.6) is 0 Å². The van der Waals surface area contributed by atoms with E-state index in [-0.39, 0.29) is 5.41 Å². The molecule has 0 aliphatic heterocycles. The zero-order valence-electron chi connectivity index (χ0n) is 5.07. The smallest absolute Gasteiger partial charge is 0.0172 e. The van der Waals surface area contributed by atoms with Crippen molar-refractivity contribution >= 4 is 0 Å². The molecule has 0 rings (SSSR count). The predicted molar refractivity (Wildman–Crippen MR) is 32.6 cm³/mol. The molecule has 7 heavy (non-hydrogen) atoms. The zero-order chi connectivity index (χ0) is 5.91. The van der Waals surface area contributed by atoms with Crippen molar-refractivity contribution < 1.29 is 0 Å². The van der Waals surface area contributed by atoms with E-state index in [2.05, 4.69) is 20.8 Å². The predicted octanol–water partition coefficient (Wildman–Crippen LogP) is 2.23. The molecule has 0 saturated carbocycles. The quantitative estimate of drug-likeness (QED) is 0.494. The molecule has 0 heteroatoms. The van der Waals surface area contributed by atoms with Crippen LogP contribution in [0.3, 0.4) is 0 Å². The van der Waals surface area contributed by atoms with Crippen LogP contribution in [0.15, 0.2) is 6.08 Å². The zero-order valence-corrected chi connectivity index (χ0v) is 5.07. The molecule has 0 aromatic rings. The van der Waals surface area contributed by atoms with Gasteiger partial charge in [0.25, 0.3) is 0 Å². The molecule has 0 bridgehead atoms. The first kappa shape index (κ1) is 6.74. The molecule has 0 nitrogen and oxygen atoms in total. The van der Waals surface area contributed by atoms with Gasteiger partial charge in [-0.05, 0) is 11.8 Å². The molecule has 0 saturated heterocycles. The van der Waals surface area contributed by atoms with Gasteiger partial charge in [0.1, 0.15) is 0 Å². The summed E-state index contributed by atoms with van der Waals surface area (Å²) in [6.45, 7) is 13.1. The van der Waals surface area contributed by atoms with Crippen molar-refractivity contribution in [1.82, 2.24) is 0 Å². The van der Waals surface area contributed by atoms with Gasteiger partial charge in [0, 0.05) is 0 Å². The van der Waals surface area contributed by atoms with Crippen molar-refractivity contribution in [1.29, 1.82) is 0 Å². The highest BCUT2D eigenvalue weighted by Crippen LogP contribution is 2.18. The van der Waals surface area contributed by atoms with E-state index in [1.807, 2.05) is 0 Å². The summed E-state index contributed by atoms with van der Waals surface area (Å²) in [5, 5.41) is 0. The van der Waals surface area contributed by atoms with E-state index in [9.17, 15) is 0 Å². The molecule has 0 aromatic heterocycles. The lowest BCUT2D eigenvalue weighted by molar-refractivity contribution is 0.487. The van der Waals surface area contributed by atoms with E-state index in [0.717, 1.165) is 6.42 Å². The minimum absolute atomic E-state index is 0.125. The average molecular weight is 96.2 g/mol. The monoisotopic (exact) mass is 96.1 g/mol. The standard InChI is InChI=1S/C7H12/c1-5-7(3,4)6-2/h1,5H,2,6H2,3-4H3. The van der Waals surface area contributed by atoms with Crippen molar-refractivity contribution in [2.75, 3.05) is 0 Å². The highest BCUT2D eigenvalue weighted by molar-refractivity contribution is 4.85. The Kier molecular flexibility index (Phi) is 2.07. The molecule has 0 atom stereocenters. The van der Waals surface area contributed by atoms with E-state index < -0.39 is 0 Å². The minimum atomic E-state index is 0.125. The Labute approximate surface area is 46.2 Å². The molecule has 0 amide bonds. The maximum atomic E-state index is 5.25. The minimum Gasteiger partial charge on any atom is -0.0789 e. The van der Waals surface area contributed by atoms with Gasteiger partial charge in [0.05, 0.1) is 0 Å². The molecule has 0 aliphatic rings. The third-order valence-electron chi connectivity index (χ3n) is 1.10. The highest BCUT2D eigenvalue weighted by atomic mass is 14.1. The summed E-state index contributed by atoms with van der Waals surface area (Å²) >= 11 is 0. The summed E-state index contributed by atoms with van der Waals surface area (Å²) < 4.78 is 0. The maximum absolute atomic E-state index is 5.25. The van der Waals surface area contributed by atoms with Crippen molar-refractivity contribution in [3.63, 3.8) is 0 Å². The maximum Gasteiger partial charge on any atom is -0.0172 e. The van der Waals surface area contributed by atoms with Gasteiger partial charge < -0.3 is 0 Å². The second-order valence-corrected chi connectivity index (χ2v) is 2.41. The molecule has 0 aromatic carbocycles. The summed E-state index contributed by atoms with van der Waals surface area (Å²) in [6, 6.07) is 0. The number of hydrogen-bond acceptors (Lipinski definition) is 0. The number of allylic oxidation sites excluding steroid dienone is 1. The lowest BCUT2D eigenvalue weighted by atomic mass is 9.91. The third kappa shape index (κ3) is 2.44. The molecule has 2 radical (unpaired) electrons. The van der Waals surface area contributed by atoms with E-state index in [0.29, 0.717) is 0 Å². The van der Waals surface area contributed by atoms with Gasteiger partial charge in [-0.2, -0.15) is 0 Å². The molecule has 40 valence electrons. The summed E-state index contributed by atoms with van der Waals surface area (Å²) in [6.07, 6.45) is 2.55. The second kappa shape index (κ2) is 2.15. The normalized spacial score (nSPS) is 11.3. The SMILES string of the molecule is [CH]=CC(C)(C)C[CH2]. The Hall–Kier alpha value is -0.260. The van der Waals surface area contributed by atoms with E-state index in [1.54, 1.807) is 6.08 Å². The first-order chi connectivity index (χ1) is 3.12. The Morgan fingerprint density at radius 1 is 1.71 bits per heavy atom. The number of rotatable bonds is 2. The average Bonchev–Trinajstić information content (AvgIpc) is 1.68. The third-order valence-corrected chi connectivity index (χ3v) is 1.10. The Bertz CT molecular complexity index is 60.4. The fourth-order valence-corrected chi connectivity index (χ4v) is 0.0833. The Morgan fingerprint density at radius 2 is 2.14 bits per heavy atom. The highest BCUT2D eigenvalue weighted by Gasteiger charge is 2.07. The lowest BCUT2D eigenvalue weighted by Gasteiger charge is -2.14. The summed E-state index contributed by atoms with van der Waals surface area (Å²) in [7, 11) is 0. The Balaban J connectivity index is 3.58. The van der Waals surface area contributed by atoms with Gasteiger partial charge in [0.15, 0.2) is 0 Å². The van der Waals surface area contributed by atoms with Gasteiger partial charge in [-0.15, -0.1) is 0 Å². The van der Waals surface area contributed by atoms with Crippen LogP contribution in [-0.4, -0.2) is 0 Å². The molecular formula is C7H12. The molecule has 0 spiro atoms. The molecule has 0 N–H and O–H groups in total. The Morgan fingerprint density at radius 3 is 2.14 bits per heavy atom. The van der Waals surface area contributed by atoms with Crippen LogP contribution < -0.4 is 0 Å². The fraction of sp³-hybridized carbons (Fsp3) is 0.571. The van der Waals surface area contributed by atoms with Crippen LogP contribution in [0.1, 0.15) is 20.3 Å². The lowest BCUT2D eigenvalue weighted by Crippen LogP contribution is -2.02. The van der Waals surface area contributed by atoms with Crippen molar-refractivity contribution in [3.05, 3.63) is 19.6 Å². The molecule has 0 unspecified atom stereocenters. The van der Waals surface area contributed by atoms with Crippen molar-refractivity contribution in [2.45, 2.75) is 20.3 Å². The van der Waals surface area contributed by atoms with Gasteiger partial charge >= 0.3 is 0 Å². The van der Waals surface area contributed by atoms with E-state index in [4.69, 9.17) is 6.58 Å². The van der Waals surface area contributed by atoms with Gasteiger partial charge in [-0.3, -0.25) is 0 Å². The first-order valence-electron chi connectivity index (χ1n) is 2.48. The van der Waals surface area contributed by atoms with Gasteiger partial charge in [-0.25, -0.2) is 0 Å². The van der Waals surface area contributed by atoms with Crippen LogP contribution in [0.2, 0.25) is 0 Å². The van der Waals surface area contributed by atoms with Crippen LogP contribution >= 0.6 is 0 Å². The van der Waals surface area contributed by atoms with Gasteiger partial charge in [-0.1, -0.05) is 33.4 Å². The summed E-state index contributed by atoms with van der Waals surface area (Å²) in [4.78, 5) is 0. The van der Waals surface area contributed by atoms with Crippen LogP contribution in [0, 0.1) is 18.9 Å².